The lowest BCUT2D eigenvalue weighted by Gasteiger charge is -2.18. The van der Waals surface area contributed by atoms with Crippen molar-refractivity contribution in [1.82, 2.24) is 0 Å². The molecule has 3 aromatic rings. The zero-order valence-corrected chi connectivity index (χ0v) is 19.2. The van der Waals surface area contributed by atoms with E-state index in [0.29, 0.717) is 27.2 Å². The maximum absolute atomic E-state index is 12.8. The quantitative estimate of drug-likeness (QED) is 0.471. The molecule has 3 aromatic carbocycles. The molecule has 2 amide bonds. The molecule has 4 rings (SSSR count). The predicted molar refractivity (Wildman–Crippen MR) is 128 cm³/mol. The van der Waals surface area contributed by atoms with Crippen LogP contribution >= 0.6 is 23.2 Å². The Morgan fingerprint density at radius 3 is 2.41 bits per heavy atom. The van der Waals surface area contributed by atoms with Gasteiger partial charge in [-0.3, -0.25) is 9.59 Å². The van der Waals surface area contributed by atoms with E-state index in [1.54, 1.807) is 42.5 Å². The molecule has 1 heterocycles. The SMILES string of the molecule is Cc1ccc(Oc2ccc(NC(=O)[C@@H]3CC(=O)N(c4cc(Cl)ccc4Cl)C3)cc2)cc1C. The minimum Gasteiger partial charge on any atom is -0.457 e. The molecule has 0 aliphatic carbocycles. The van der Waals surface area contributed by atoms with E-state index >= 15 is 0 Å². The molecule has 1 N–H and O–H groups in total. The molecular weight excluding hydrogens is 447 g/mol. The number of carbonyl (C=O) groups excluding carboxylic acids is 2. The number of nitrogens with zero attached hydrogens (tertiary/aromatic N) is 1. The van der Waals surface area contributed by atoms with Crippen molar-refractivity contribution in [2.45, 2.75) is 20.3 Å². The Bertz CT molecular complexity index is 1180. The van der Waals surface area contributed by atoms with Gasteiger partial charge < -0.3 is 15.0 Å². The molecule has 5 nitrogen and oxygen atoms in total. The van der Waals surface area contributed by atoms with Gasteiger partial charge in [-0.05, 0) is 79.6 Å². The molecule has 0 saturated carbocycles. The van der Waals surface area contributed by atoms with Gasteiger partial charge in [0.05, 0.1) is 16.6 Å². The standard InChI is InChI=1S/C25H22Cl2N2O3/c1-15-3-7-21(11-16(15)2)32-20-8-5-19(6-9-20)28-25(31)17-12-24(30)29(14-17)23-13-18(26)4-10-22(23)27/h3-11,13,17H,12,14H2,1-2H3,(H,28,31)/t17-/m1/s1. The smallest absolute Gasteiger partial charge is 0.229 e. The number of rotatable bonds is 5. The van der Waals surface area contributed by atoms with E-state index < -0.39 is 5.92 Å². The molecule has 0 aromatic heterocycles. The minimum absolute atomic E-state index is 0.114. The van der Waals surface area contributed by atoms with Gasteiger partial charge in [0.2, 0.25) is 11.8 Å². The van der Waals surface area contributed by atoms with E-state index in [1.807, 2.05) is 25.1 Å². The highest BCUT2D eigenvalue weighted by Crippen LogP contribution is 2.34. The summed E-state index contributed by atoms with van der Waals surface area (Å²) in [5.41, 5.74) is 3.52. The topological polar surface area (TPSA) is 58.6 Å². The first-order valence-electron chi connectivity index (χ1n) is 10.2. The molecule has 0 unspecified atom stereocenters. The molecule has 0 radical (unpaired) electrons. The fraction of sp³-hybridized carbons (Fsp3) is 0.200. The molecule has 1 saturated heterocycles. The van der Waals surface area contributed by atoms with Crippen LogP contribution in [0.25, 0.3) is 0 Å². The first kappa shape index (κ1) is 22.2. The summed E-state index contributed by atoms with van der Waals surface area (Å²) in [6.45, 7) is 4.34. The van der Waals surface area contributed by atoms with Crippen LogP contribution in [0.5, 0.6) is 11.5 Å². The van der Waals surface area contributed by atoms with Gasteiger partial charge in [-0.1, -0.05) is 29.3 Å². The molecule has 1 atom stereocenters. The molecule has 1 aliphatic rings. The van der Waals surface area contributed by atoms with Crippen molar-refractivity contribution in [2.24, 2.45) is 5.92 Å². The van der Waals surface area contributed by atoms with Crippen LogP contribution in [0.1, 0.15) is 17.5 Å². The zero-order valence-electron chi connectivity index (χ0n) is 17.7. The number of anilines is 2. The van der Waals surface area contributed by atoms with Gasteiger partial charge in [0.25, 0.3) is 0 Å². The van der Waals surface area contributed by atoms with Crippen molar-refractivity contribution in [3.8, 4) is 11.5 Å². The summed E-state index contributed by atoms with van der Waals surface area (Å²) in [5, 5.41) is 3.78. The fourth-order valence-electron chi connectivity index (χ4n) is 3.57. The molecular formula is C25H22Cl2N2O3. The van der Waals surface area contributed by atoms with Crippen LogP contribution in [0, 0.1) is 19.8 Å². The molecule has 164 valence electrons. The number of ether oxygens (including phenoxy) is 1. The van der Waals surface area contributed by atoms with E-state index in [4.69, 9.17) is 27.9 Å². The van der Waals surface area contributed by atoms with Gasteiger partial charge in [0.15, 0.2) is 0 Å². The van der Waals surface area contributed by atoms with E-state index in [0.717, 1.165) is 11.3 Å². The first-order chi connectivity index (χ1) is 15.3. The van der Waals surface area contributed by atoms with Gasteiger partial charge in [-0.25, -0.2) is 0 Å². The predicted octanol–water partition coefficient (Wildman–Crippen LogP) is 6.39. The van der Waals surface area contributed by atoms with Crippen LogP contribution in [-0.2, 0) is 9.59 Å². The third kappa shape index (κ3) is 4.90. The molecule has 0 spiro atoms. The molecule has 1 aliphatic heterocycles. The Morgan fingerprint density at radius 1 is 0.969 bits per heavy atom. The first-order valence-corrected chi connectivity index (χ1v) is 11.0. The van der Waals surface area contributed by atoms with Crippen LogP contribution in [0.4, 0.5) is 11.4 Å². The summed E-state index contributed by atoms with van der Waals surface area (Å²) in [6, 6.07) is 18.0. The third-order valence-electron chi connectivity index (χ3n) is 5.53. The van der Waals surface area contributed by atoms with Gasteiger partial charge in [0.1, 0.15) is 11.5 Å². The Kier molecular flexibility index (Phi) is 6.40. The fourth-order valence-corrected chi connectivity index (χ4v) is 3.96. The van der Waals surface area contributed by atoms with Gasteiger partial charge in [-0.2, -0.15) is 0 Å². The molecule has 0 bridgehead atoms. The monoisotopic (exact) mass is 468 g/mol. The Balaban J connectivity index is 1.39. The minimum atomic E-state index is -0.482. The number of amides is 2. The second-order valence-corrected chi connectivity index (χ2v) is 8.71. The van der Waals surface area contributed by atoms with E-state index in [-0.39, 0.29) is 24.8 Å². The van der Waals surface area contributed by atoms with Crippen molar-refractivity contribution in [3.05, 3.63) is 81.8 Å². The molecule has 32 heavy (non-hydrogen) atoms. The highest BCUT2D eigenvalue weighted by molar-refractivity contribution is 6.36. The van der Waals surface area contributed by atoms with Crippen molar-refractivity contribution in [3.63, 3.8) is 0 Å². The summed E-state index contributed by atoms with van der Waals surface area (Å²) in [7, 11) is 0. The number of hydrogen-bond acceptors (Lipinski definition) is 3. The van der Waals surface area contributed by atoms with Crippen molar-refractivity contribution >= 4 is 46.4 Å². The lowest BCUT2D eigenvalue weighted by molar-refractivity contribution is -0.122. The second-order valence-electron chi connectivity index (χ2n) is 7.86. The van der Waals surface area contributed by atoms with Crippen LogP contribution < -0.4 is 15.0 Å². The Morgan fingerprint density at radius 2 is 1.69 bits per heavy atom. The maximum Gasteiger partial charge on any atom is 0.229 e. The lowest BCUT2D eigenvalue weighted by atomic mass is 10.1. The largest absolute Gasteiger partial charge is 0.457 e. The lowest BCUT2D eigenvalue weighted by Crippen LogP contribution is -2.28. The van der Waals surface area contributed by atoms with E-state index in [2.05, 4.69) is 12.2 Å². The van der Waals surface area contributed by atoms with Gasteiger partial charge in [0, 0.05) is 23.7 Å². The summed E-state index contributed by atoms with van der Waals surface area (Å²) >= 11 is 12.3. The summed E-state index contributed by atoms with van der Waals surface area (Å²) in [4.78, 5) is 26.8. The van der Waals surface area contributed by atoms with E-state index in [9.17, 15) is 9.59 Å². The number of carbonyl (C=O) groups is 2. The Hall–Kier alpha value is -3.02. The van der Waals surface area contributed by atoms with Crippen LogP contribution in [-0.4, -0.2) is 18.4 Å². The Labute approximate surface area is 196 Å². The van der Waals surface area contributed by atoms with Gasteiger partial charge in [-0.15, -0.1) is 0 Å². The second kappa shape index (κ2) is 9.23. The number of hydrogen-bond donors (Lipinski definition) is 1. The number of benzene rings is 3. The summed E-state index contributed by atoms with van der Waals surface area (Å²) < 4.78 is 5.88. The van der Waals surface area contributed by atoms with E-state index in [1.165, 1.54) is 10.5 Å². The highest BCUT2D eigenvalue weighted by Gasteiger charge is 2.36. The van der Waals surface area contributed by atoms with Crippen molar-refractivity contribution in [1.29, 1.82) is 0 Å². The third-order valence-corrected chi connectivity index (χ3v) is 6.09. The van der Waals surface area contributed by atoms with Gasteiger partial charge >= 0.3 is 0 Å². The number of nitrogens with one attached hydrogen (secondary N) is 1. The highest BCUT2D eigenvalue weighted by atomic mass is 35.5. The normalized spacial score (nSPS) is 15.7. The van der Waals surface area contributed by atoms with Crippen LogP contribution in [0.2, 0.25) is 10.0 Å². The number of aryl methyl sites for hydroxylation is 2. The van der Waals surface area contributed by atoms with Crippen molar-refractivity contribution in [2.75, 3.05) is 16.8 Å². The average molecular weight is 469 g/mol. The average Bonchev–Trinajstić information content (AvgIpc) is 3.15. The zero-order chi connectivity index (χ0) is 22.8. The van der Waals surface area contributed by atoms with Crippen molar-refractivity contribution < 1.29 is 14.3 Å². The van der Waals surface area contributed by atoms with Crippen LogP contribution in [0.15, 0.2) is 60.7 Å². The molecule has 7 heteroatoms. The molecule has 1 fully saturated rings. The van der Waals surface area contributed by atoms with Crippen LogP contribution in [0.3, 0.4) is 0 Å². The number of halogens is 2. The maximum atomic E-state index is 12.8. The summed E-state index contributed by atoms with van der Waals surface area (Å²) in [6.07, 6.45) is 0.114. The summed E-state index contributed by atoms with van der Waals surface area (Å²) in [5.74, 6) is 0.565.